The Labute approximate surface area is 99.7 Å². The maximum Gasteiger partial charge on any atom is 0.236 e. The van der Waals surface area contributed by atoms with E-state index in [1.807, 2.05) is 30.3 Å². The maximum absolute atomic E-state index is 11.2. The van der Waals surface area contributed by atoms with Gasteiger partial charge in [0.1, 0.15) is 5.78 Å². The highest BCUT2D eigenvalue weighted by Crippen LogP contribution is 2.15. The molecule has 0 fully saturated rings. The summed E-state index contributed by atoms with van der Waals surface area (Å²) < 4.78 is 5.08. The van der Waals surface area contributed by atoms with Gasteiger partial charge in [-0.3, -0.25) is 4.79 Å². The van der Waals surface area contributed by atoms with Gasteiger partial charge in [0.05, 0.1) is 5.92 Å². The third kappa shape index (κ3) is 2.78. The van der Waals surface area contributed by atoms with Gasteiger partial charge in [0.25, 0.3) is 0 Å². The Morgan fingerprint density at radius 2 is 2.06 bits per heavy atom. The summed E-state index contributed by atoms with van der Waals surface area (Å²) in [5, 5.41) is 3.88. The lowest BCUT2D eigenvalue weighted by Gasteiger charge is -1.98. The molecule has 0 N–H and O–H groups in total. The number of carbonyl (C=O) groups excluding carboxylic acids is 1. The molecule has 1 aromatic heterocycles. The minimum atomic E-state index is -0.327. The molecule has 0 bridgehead atoms. The SMILES string of the molecule is CC(=O)C(C)c1nc(Cc2ccccc2)no1. The summed E-state index contributed by atoms with van der Waals surface area (Å²) in [7, 11) is 0. The van der Waals surface area contributed by atoms with Gasteiger partial charge in [0.2, 0.25) is 5.89 Å². The number of nitrogens with zero attached hydrogens (tertiary/aromatic N) is 2. The van der Waals surface area contributed by atoms with E-state index in [2.05, 4.69) is 10.1 Å². The lowest BCUT2D eigenvalue weighted by molar-refractivity contribution is -0.118. The first-order valence-corrected chi connectivity index (χ1v) is 5.53. The van der Waals surface area contributed by atoms with Crippen LogP contribution in [0.4, 0.5) is 0 Å². The van der Waals surface area contributed by atoms with Crippen LogP contribution in [0.1, 0.15) is 37.0 Å². The van der Waals surface area contributed by atoms with E-state index in [1.54, 1.807) is 6.92 Å². The number of hydrogen-bond acceptors (Lipinski definition) is 4. The number of hydrogen-bond donors (Lipinski definition) is 0. The van der Waals surface area contributed by atoms with Crippen molar-refractivity contribution in [2.45, 2.75) is 26.2 Å². The van der Waals surface area contributed by atoms with Crippen molar-refractivity contribution in [1.29, 1.82) is 0 Å². The quantitative estimate of drug-likeness (QED) is 0.809. The zero-order valence-electron chi connectivity index (χ0n) is 9.88. The summed E-state index contributed by atoms with van der Waals surface area (Å²) in [4.78, 5) is 15.4. The van der Waals surface area contributed by atoms with Gasteiger partial charge in [-0.1, -0.05) is 35.5 Å². The average Bonchev–Trinajstić information content (AvgIpc) is 2.77. The molecule has 1 atom stereocenters. The van der Waals surface area contributed by atoms with Gasteiger partial charge in [-0.2, -0.15) is 4.98 Å². The molecule has 88 valence electrons. The molecule has 4 nitrogen and oxygen atoms in total. The van der Waals surface area contributed by atoms with Gasteiger partial charge in [-0.05, 0) is 19.4 Å². The first-order valence-electron chi connectivity index (χ1n) is 5.53. The molecule has 1 aromatic carbocycles. The molecule has 2 rings (SSSR count). The molecule has 1 heterocycles. The van der Waals surface area contributed by atoms with Crippen LogP contribution in [-0.4, -0.2) is 15.9 Å². The smallest absolute Gasteiger partial charge is 0.236 e. The summed E-state index contributed by atoms with van der Waals surface area (Å²) >= 11 is 0. The topological polar surface area (TPSA) is 56.0 Å². The highest BCUT2D eigenvalue weighted by molar-refractivity contribution is 5.81. The van der Waals surface area contributed by atoms with Crippen molar-refractivity contribution < 1.29 is 9.32 Å². The number of rotatable bonds is 4. The van der Waals surface area contributed by atoms with Crippen molar-refractivity contribution in [3.8, 4) is 0 Å². The van der Waals surface area contributed by atoms with E-state index in [4.69, 9.17) is 4.52 Å². The highest BCUT2D eigenvalue weighted by atomic mass is 16.5. The molecule has 2 aromatic rings. The second-order valence-electron chi connectivity index (χ2n) is 4.04. The molecule has 0 radical (unpaired) electrons. The van der Waals surface area contributed by atoms with Gasteiger partial charge in [0, 0.05) is 6.42 Å². The zero-order valence-corrected chi connectivity index (χ0v) is 9.88. The Morgan fingerprint density at radius 1 is 1.35 bits per heavy atom. The highest BCUT2D eigenvalue weighted by Gasteiger charge is 2.18. The van der Waals surface area contributed by atoms with E-state index in [9.17, 15) is 4.79 Å². The van der Waals surface area contributed by atoms with Gasteiger partial charge in [0.15, 0.2) is 5.82 Å². The second-order valence-corrected chi connectivity index (χ2v) is 4.04. The van der Waals surface area contributed by atoms with Crippen molar-refractivity contribution >= 4 is 5.78 Å². The molecule has 0 aliphatic rings. The molecule has 4 heteroatoms. The number of benzene rings is 1. The molecule has 0 saturated heterocycles. The van der Waals surface area contributed by atoms with Gasteiger partial charge < -0.3 is 4.52 Å². The third-order valence-corrected chi connectivity index (χ3v) is 2.67. The van der Waals surface area contributed by atoms with Gasteiger partial charge >= 0.3 is 0 Å². The Balaban J connectivity index is 2.11. The van der Waals surface area contributed by atoms with Crippen LogP contribution < -0.4 is 0 Å². The van der Waals surface area contributed by atoms with Crippen LogP contribution in [-0.2, 0) is 11.2 Å². The van der Waals surface area contributed by atoms with Crippen LogP contribution in [0.2, 0.25) is 0 Å². The van der Waals surface area contributed by atoms with Crippen LogP contribution >= 0.6 is 0 Å². The van der Waals surface area contributed by atoms with E-state index in [0.29, 0.717) is 18.1 Å². The summed E-state index contributed by atoms with van der Waals surface area (Å²) in [6, 6.07) is 9.90. The molecule has 0 spiro atoms. The van der Waals surface area contributed by atoms with Crippen LogP contribution in [0.25, 0.3) is 0 Å². The first-order chi connectivity index (χ1) is 8.16. The largest absolute Gasteiger partial charge is 0.339 e. The molecular weight excluding hydrogens is 216 g/mol. The van der Waals surface area contributed by atoms with Crippen LogP contribution in [0.15, 0.2) is 34.9 Å². The van der Waals surface area contributed by atoms with Crippen LogP contribution in [0, 0.1) is 0 Å². The molecule has 1 unspecified atom stereocenters. The number of ketones is 1. The monoisotopic (exact) mass is 230 g/mol. The average molecular weight is 230 g/mol. The number of aromatic nitrogens is 2. The molecule has 0 saturated carbocycles. The summed E-state index contributed by atoms with van der Waals surface area (Å²) in [5.74, 6) is 0.703. The fourth-order valence-corrected chi connectivity index (χ4v) is 1.47. The predicted molar refractivity (Wildman–Crippen MR) is 62.6 cm³/mol. The predicted octanol–water partition coefficient (Wildman–Crippen LogP) is 2.35. The molecule has 17 heavy (non-hydrogen) atoms. The second kappa shape index (κ2) is 4.91. The Hall–Kier alpha value is -1.97. The van der Waals surface area contributed by atoms with E-state index >= 15 is 0 Å². The fraction of sp³-hybridized carbons (Fsp3) is 0.308. The zero-order chi connectivity index (χ0) is 12.3. The maximum atomic E-state index is 11.2. The first kappa shape index (κ1) is 11.5. The number of Topliss-reactive ketones (excluding diaryl/α,β-unsaturated/α-hetero) is 1. The molecule has 0 aliphatic heterocycles. The van der Waals surface area contributed by atoms with Crippen molar-refractivity contribution in [3.63, 3.8) is 0 Å². The van der Waals surface area contributed by atoms with Crippen LogP contribution in [0.3, 0.4) is 0 Å². The molecule has 0 amide bonds. The van der Waals surface area contributed by atoms with Gasteiger partial charge in [-0.15, -0.1) is 0 Å². The van der Waals surface area contributed by atoms with Crippen molar-refractivity contribution in [2.24, 2.45) is 0 Å². The third-order valence-electron chi connectivity index (χ3n) is 2.67. The summed E-state index contributed by atoms with van der Waals surface area (Å²) in [6.07, 6.45) is 0.620. The Morgan fingerprint density at radius 3 is 2.71 bits per heavy atom. The van der Waals surface area contributed by atoms with Gasteiger partial charge in [-0.25, -0.2) is 0 Å². The van der Waals surface area contributed by atoms with Crippen molar-refractivity contribution in [1.82, 2.24) is 10.1 Å². The Bertz CT molecular complexity index is 505. The van der Waals surface area contributed by atoms with E-state index < -0.39 is 0 Å². The lowest BCUT2D eigenvalue weighted by atomic mass is 10.1. The normalized spacial score (nSPS) is 12.4. The Kier molecular flexibility index (Phi) is 3.32. The number of carbonyl (C=O) groups is 1. The van der Waals surface area contributed by atoms with Crippen molar-refractivity contribution in [3.05, 3.63) is 47.6 Å². The fourth-order valence-electron chi connectivity index (χ4n) is 1.47. The lowest BCUT2D eigenvalue weighted by Crippen LogP contribution is -2.04. The van der Waals surface area contributed by atoms with Crippen LogP contribution in [0.5, 0.6) is 0 Å². The minimum absolute atomic E-state index is 0.0277. The van der Waals surface area contributed by atoms with E-state index in [-0.39, 0.29) is 11.7 Å². The standard InChI is InChI=1S/C13H14N2O2/c1-9(10(2)16)13-14-12(15-17-13)8-11-6-4-3-5-7-11/h3-7,9H,8H2,1-2H3. The van der Waals surface area contributed by atoms with E-state index in [0.717, 1.165) is 5.56 Å². The molecular formula is C13H14N2O2. The summed E-state index contributed by atoms with van der Waals surface area (Å²) in [6.45, 7) is 3.29. The van der Waals surface area contributed by atoms with E-state index in [1.165, 1.54) is 6.92 Å². The van der Waals surface area contributed by atoms with Crippen molar-refractivity contribution in [2.75, 3.05) is 0 Å². The minimum Gasteiger partial charge on any atom is -0.339 e. The molecule has 0 aliphatic carbocycles. The summed E-state index contributed by atoms with van der Waals surface area (Å²) in [5.41, 5.74) is 1.12.